The summed E-state index contributed by atoms with van der Waals surface area (Å²) in [7, 11) is -6.17. The summed E-state index contributed by atoms with van der Waals surface area (Å²) in [4.78, 5) is 0. The first-order valence-corrected chi connectivity index (χ1v) is 24.5. The molecular weight excluding hydrogens is 392 g/mol. The molecular formula is C20H41LiO2Si4. The van der Waals surface area contributed by atoms with E-state index in [1.807, 2.05) is 6.07 Å². The first-order valence-electron chi connectivity index (χ1n) is 9.72. The van der Waals surface area contributed by atoms with E-state index in [9.17, 15) is 0 Å². The van der Waals surface area contributed by atoms with Gasteiger partial charge in [0.25, 0.3) is 0 Å². The van der Waals surface area contributed by atoms with Gasteiger partial charge in [0.15, 0.2) is 0 Å². The van der Waals surface area contributed by atoms with Crippen LogP contribution in [0.5, 0.6) is 11.5 Å². The van der Waals surface area contributed by atoms with Crippen LogP contribution in [0, 0.1) is 6.07 Å². The van der Waals surface area contributed by atoms with Gasteiger partial charge in [-0.25, -0.2) is 0 Å². The Morgan fingerprint density at radius 1 is 0.741 bits per heavy atom. The van der Waals surface area contributed by atoms with Crippen LogP contribution < -0.4 is 27.7 Å². The minimum Gasteiger partial charge on any atom is -0.604 e. The van der Waals surface area contributed by atoms with Crippen LogP contribution >= 0.6 is 0 Å². The number of hydrogen-bond acceptors (Lipinski definition) is 2. The van der Waals surface area contributed by atoms with E-state index >= 15 is 0 Å². The zero-order chi connectivity index (χ0) is 20.8. The van der Waals surface area contributed by atoms with Gasteiger partial charge in [-0.15, -0.1) is 23.8 Å². The smallest absolute Gasteiger partial charge is 0.604 e. The second-order valence-corrected chi connectivity index (χ2v) is 43.2. The standard InChI is InChI=1S/C20H41O2Si4.Li/c1-20(2,3)18-16-17(21-25(10,11)23(4,5)6)14-15-19(18)22-26(12,13)24(7,8)9;/h15-16H,1-13H3;/q-1;+1. The molecule has 0 heterocycles. The topological polar surface area (TPSA) is 18.5 Å². The molecule has 0 atom stereocenters. The van der Waals surface area contributed by atoms with Crippen molar-refractivity contribution in [3.8, 4) is 11.5 Å². The predicted molar refractivity (Wildman–Crippen MR) is 127 cm³/mol. The van der Waals surface area contributed by atoms with Gasteiger partial charge < -0.3 is 8.85 Å². The minimum absolute atomic E-state index is 0. The maximum absolute atomic E-state index is 6.71. The average Bonchev–Trinajstić information content (AvgIpc) is 2.35. The van der Waals surface area contributed by atoms with Crippen LogP contribution in [-0.2, 0) is 5.41 Å². The van der Waals surface area contributed by atoms with E-state index in [1.165, 1.54) is 5.56 Å². The second kappa shape index (κ2) is 8.57. The van der Waals surface area contributed by atoms with Gasteiger partial charge in [-0.2, -0.15) is 0 Å². The van der Waals surface area contributed by atoms with Gasteiger partial charge in [-0.3, -0.25) is 0 Å². The van der Waals surface area contributed by atoms with E-state index in [0.29, 0.717) is 0 Å². The van der Waals surface area contributed by atoms with Crippen molar-refractivity contribution in [1.29, 1.82) is 0 Å². The van der Waals surface area contributed by atoms with Crippen molar-refractivity contribution in [2.24, 2.45) is 0 Å². The molecule has 1 rings (SSSR count). The third-order valence-corrected chi connectivity index (χ3v) is 37.0. The van der Waals surface area contributed by atoms with E-state index in [2.05, 4.69) is 98.4 Å². The van der Waals surface area contributed by atoms with Crippen molar-refractivity contribution in [1.82, 2.24) is 0 Å². The van der Waals surface area contributed by atoms with Gasteiger partial charge in [0.2, 0.25) is 15.7 Å². The van der Waals surface area contributed by atoms with Crippen LogP contribution in [0.15, 0.2) is 12.1 Å². The molecule has 150 valence electrons. The van der Waals surface area contributed by atoms with Crippen molar-refractivity contribution in [2.45, 2.75) is 91.7 Å². The minimum atomic E-state index is -1.76. The maximum atomic E-state index is 6.71. The molecule has 0 aliphatic carbocycles. The van der Waals surface area contributed by atoms with Crippen molar-refractivity contribution in [3.63, 3.8) is 0 Å². The predicted octanol–water partition coefficient (Wildman–Crippen LogP) is 3.79. The molecule has 0 saturated carbocycles. The van der Waals surface area contributed by atoms with Crippen LogP contribution in [0.3, 0.4) is 0 Å². The fourth-order valence-corrected chi connectivity index (χ4v) is 6.54. The molecule has 0 saturated heterocycles. The Kier molecular flexibility index (Phi) is 8.66. The summed E-state index contributed by atoms with van der Waals surface area (Å²) in [5, 5.41) is 0. The Morgan fingerprint density at radius 2 is 1.15 bits per heavy atom. The Morgan fingerprint density at radius 3 is 1.52 bits per heavy atom. The molecule has 2 nitrogen and oxygen atoms in total. The summed E-state index contributed by atoms with van der Waals surface area (Å²) in [6, 6.07) is 7.63. The van der Waals surface area contributed by atoms with Crippen molar-refractivity contribution < 1.29 is 27.7 Å². The third kappa shape index (κ3) is 6.93. The molecule has 7 heteroatoms. The van der Waals surface area contributed by atoms with Crippen molar-refractivity contribution >= 4 is 30.9 Å². The van der Waals surface area contributed by atoms with E-state index in [0.717, 1.165) is 11.5 Å². The molecule has 0 aliphatic heterocycles. The molecule has 0 aromatic heterocycles. The van der Waals surface area contributed by atoms with E-state index in [1.54, 1.807) is 0 Å². The fraction of sp³-hybridized carbons (Fsp3) is 0.700. The van der Waals surface area contributed by atoms with Crippen LogP contribution in [0.25, 0.3) is 0 Å². The van der Waals surface area contributed by atoms with E-state index in [-0.39, 0.29) is 24.3 Å². The van der Waals surface area contributed by atoms with Crippen LogP contribution in [0.4, 0.5) is 0 Å². The van der Waals surface area contributed by atoms with Crippen molar-refractivity contribution in [2.75, 3.05) is 0 Å². The van der Waals surface area contributed by atoms with Crippen LogP contribution in [-0.4, -0.2) is 30.9 Å². The molecule has 0 bridgehead atoms. The molecule has 0 aliphatic rings. The monoisotopic (exact) mass is 432 g/mol. The summed E-state index contributed by atoms with van der Waals surface area (Å²) < 4.78 is 13.3. The third-order valence-electron chi connectivity index (χ3n) is 6.04. The summed E-state index contributed by atoms with van der Waals surface area (Å²) >= 11 is 0. The number of rotatable bonds is 6. The molecule has 0 amide bonds. The van der Waals surface area contributed by atoms with Gasteiger partial charge >= 0.3 is 18.9 Å². The molecule has 0 N–H and O–H groups in total. The van der Waals surface area contributed by atoms with Gasteiger partial charge in [-0.1, -0.05) is 60.1 Å². The molecule has 0 unspecified atom stereocenters. The summed E-state index contributed by atoms with van der Waals surface area (Å²) in [5.41, 5.74) is 1.25. The van der Waals surface area contributed by atoms with E-state index < -0.39 is 30.9 Å². The summed E-state index contributed by atoms with van der Waals surface area (Å²) in [6.07, 6.45) is 0. The van der Waals surface area contributed by atoms with E-state index in [4.69, 9.17) is 8.85 Å². The molecule has 1 aromatic rings. The van der Waals surface area contributed by atoms with Gasteiger partial charge in [-0.05, 0) is 43.1 Å². The number of hydrogen-bond donors (Lipinski definition) is 0. The first kappa shape index (κ1) is 27.3. The van der Waals surface area contributed by atoms with Gasteiger partial charge in [0.1, 0.15) is 0 Å². The normalized spacial score (nSPS) is 13.8. The summed E-state index contributed by atoms with van der Waals surface area (Å²) in [6.45, 7) is 30.6. The van der Waals surface area contributed by atoms with Gasteiger partial charge in [0, 0.05) is 0 Å². The fourth-order valence-electron chi connectivity index (χ4n) is 2.04. The zero-order valence-electron chi connectivity index (χ0n) is 20.5. The largest absolute Gasteiger partial charge is 1.00 e. The van der Waals surface area contributed by atoms with Gasteiger partial charge in [0.05, 0.1) is 15.2 Å². The Bertz CT molecular complexity index is 639. The molecule has 27 heavy (non-hydrogen) atoms. The Hall–Kier alpha value is 0.285. The quantitative estimate of drug-likeness (QED) is 0.503. The maximum Gasteiger partial charge on any atom is 1.00 e. The average molecular weight is 433 g/mol. The summed E-state index contributed by atoms with van der Waals surface area (Å²) in [5.74, 6) is 1.91. The SMILES string of the molecule is CC(C)(C)c1cc(O[Si](C)(C)[Si](C)(C)C)[c-]cc1O[Si](C)(C)[Si](C)(C)C.[Li+]. The number of benzene rings is 1. The Labute approximate surface area is 184 Å². The first-order chi connectivity index (χ1) is 11.3. The second-order valence-electron chi connectivity index (χ2n) is 11.5. The Balaban J connectivity index is 0.00000676. The molecule has 0 spiro atoms. The molecule has 1 aromatic carbocycles. The zero-order valence-corrected chi connectivity index (χ0v) is 24.5. The van der Waals surface area contributed by atoms with Crippen LogP contribution in [0.1, 0.15) is 26.3 Å². The van der Waals surface area contributed by atoms with Crippen LogP contribution in [0.2, 0.25) is 65.5 Å². The molecule has 0 radical (unpaired) electrons. The molecule has 0 fully saturated rings. The van der Waals surface area contributed by atoms with Crippen molar-refractivity contribution in [3.05, 3.63) is 23.8 Å².